The van der Waals surface area contributed by atoms with Crippen LogP contribution in [0.25, 0.3) is 0 Å². The van der Waals surface area contributed by atoms with Crippen LogP contribution in [0.15, 0.2) is 23.3 Å². The molecule has 1 aliphatic heterocycles. The van der Waals surface area contributed by atoms with E-state index in [1.54, 1.807) is 25.1 Å². The number of morpholine rings is 1. The number of ether oxygens (including phenoxy) is 2. The molecule has 0 unspecified atom stereocenters. The molecule has 2 atom stereocenters. The lowest BCUT2D eigenvalue weighted by Gasteiger charge is -2.36. The predicted molar refractivity (Wildman–Crippen MR) is 95.7 cm³/mol. The standard InChI is InChI=1S/C16H21Cl2N3O3/c1-4-23-16(22)15(21-8-10(2)24-11(3)9-21)20-19-14-7-12(17)5-6-13(14)18/h5-7,10-11,19H,4,8-9H2,1-3H3/b20-15-/t10-,11-/m0/s1. The fraction of sp³-hybridized carbons (Fsp3) is 0.500. The Hall–Kier alpha value is -1.50. The van der Waals surface area contributed by atoms with Crippen molar-refractivity contribution in [3.05, 3.63) is 28.2 Å². The molecule has 1 heterocycles. The van der Waals surface area contributed by atoms with Gasteiger partial charge in [-0.1, -0.05) is 23.2 Å². The minimum atomic E-state index is -0.496. The minimum Gasteiger partial charge on any atom is -0.460 e. The summed E-state index contributed by atoms with van der Waals surface area (Å²) in [5.41, 5.74) is 3.32. The van der Waals surface area contributed by atoms with Crippen LogP contribution in [-0.2, 0) is 14.3 Å². The highest BCUT2D eigenvalue weighted by Crippen LogP contribution is 2.25. The minimum absolute atomic E-state index is 0.0110. The molecule has 0 aliphatic carbocycles. The van der Waals surface area contributed by atoms with Gasteiger partial charge in [0, 0.05) is 18.1 Å². The Morgan fingerprint density at radius 1 is 1.38 bits per heavy atom. The van der Waals surface area contributed by atoms with Crippen molar-refractivity contribution in [2.24, 2.45) is 5.10 Å². The van der Waals surface area contributed by atoms with E-state index in [0.717, 1.165) is 0 Å². The maximum Gasteiger partial charge on any atom is 0.375 e. The molecule has 0 amide bonds. The van der Waals surface area contributed by atoms with Gasteiger partial charge in [0.25, 0.3) is 0 Å². The van der Waals surface area contributed by atoms with Crippen molar-refractivity contribution in [1.82, 2.24) is 4.90 Å². The number of benzene rings is 1. The summed E-state index contributed by atoms with van der Waals surface area (Å²) >= 11 is 12.1. The van der Waals surface area contributed by atoms with Gasteiger partial charge in [0.15, 0.2) is 0 Å². The summed E-state index contributed by atoms with van der Waals surface area (Å²) in [5, 5.41) is 5.20. The summed E-state index contributed by atoms with van der Waals surface area (Å²) in [6.45, 7) is 7.02. The normalized spacial score (nSPS) is 21.5. The highest BCUT2D eigenvalue weighted by Gasteiger charge is 2.29. The van der Waals surface area contributed by atoms with E-state index >= 15 is 0 Å². The number of carbonyl (C=O) groups is 1. The first kappa shape index (κ1) is 18.8. The zero-order valence-electron chi connectivity index (χ0n) is 13.9. The SMILES string of the molecule is CCOC(=O)/C(=N/Nc1cc(Cl)ccc1Cl)N1C[C@H](C)O[C@@H](C)C1. The van der Waals surface area contributed by atoms with E-state index in [1.807, 2.05) is 18.7 Å². The molecule has 2 rings (SSSR count). The summed E-state index contributed by atoms with van der Waals surface area (Å²) in [5.74, 6) is -0.306. The van der Waals surface area contributed by atoms with Crippen molar-refractivity contribution >= 4 is 40.7 Å². The van der Waals surface area contributed by atoms with Crippen molar-refractivity contribution in [3.63, 3.8) is 0 Å². The zero-order valence-corrected chi connectivity index (χ0v) is 15.4. The molecular formula is C16H21Cl2N3O3. The molecule has 6 nitrogen and oxygen atoms in total. The van der Waals surface area contributed by atoms with Crippen molar-refractivity contribution in [1.29, 1.82) is 0 Å². The number of nitrogens with one attached hydrogen (secondary N) is 1. The molecule has 1 aromatic rings. The molecule has 1 N–H and O–H groups in total. The van der Waals surface area contributed by atoms with E-state index in [4.69, 9.17) is 32.7 Å². The molecule has 0 radical (unpaired) electrons. The third kappa shape index (κ3) is 5.00. The van der Waals surface area contributed by atoms with Gasteiger partial charge in [-0.2, -0.15) is 0 Å². The summed E-state index contributed by atoms with van der Waals surface area (Å²) in [6, 6.07) is 4.97. The monoisotopic (exact) mass is 373 g/mol. The Bertz CT molecular complexity index is 615. The summed E-state index contributed by atoms with van der Waals surface area (Å²) < 4.78 is 10.8. The molecule has 1 aliphatic rings. The second kappa shape index (κ2) is 8.55. The van der Waals surface area contributed by atoms with E-state index < -0.39 is 5.97 Å². The third-order valence-electron chi connectivity index (χ3n) is 3.39. The van der Waals surface area contributed by atoms with E-state index in [-0.39, 0.29) is 24.7 Å². The van der Waals surface area contributed by atoms with Gasteiger partial charge in [0.05, 0.1) is 29.5 Å². The summed E-state index contributed by atoms with van der Waals surface area (Å²) in [4.78, 5) is 14.1. The van der Waals surface area contributed by atoms with Gasteiger partial charge in [-0.15, -0.1) is 5.10 Å². The lowest BCUT2D eigenvalue weighted by Crippen LogP contribution is -2.51. The molecule has 0 bridgehead atoms. The zero-order chi connectivity index (χ0) is 17.7. The number of halogens is 2. The Morgan fingerprint density at radius 2 is 2.04 bits per heavy atom. The highest BCUT2D eigenvalue weighted by molar-refractivity contribution is 6.36. The van der Waals surface area contributed by atoms with Gasteiger partial charge in [-0.3, -0.25) is 5.43 Å². The maximum absolute atomic E-state index is 12.3. The van der Waals surface area contributed by atoms with E-state index in [0.29, 0.717) is 28.8 Å². The summed E-state index contributed by atoms with van der Waals surface area (Å²) in [6.07, 6.45) is -0.0220. The number of hydrogen-bond acceptors (Lipinski definition) is 5. The number of hydrazone groups is 1. The lowest BCUT2D eigenvalue weighted by molar-refractivity contribution is -0.136. The first-order chi connectivity index (χ1) is 11.4. The van der Waals surface area contributed by atoms with E-state index in [1.165, 1.54) is 0 Å². The van der Waals surface area contributed by atoms with E-state index in [9.17, 15) is 4.79 Å². The van der Waals surface area contributed by atoms with Crippen molar-refractivity contribution in [2.45, 2.75) is 33.0 Å². The molecule has 1 fully saturated rings. The van der Waals surface area contributed by atoms with Gasteiger partial charge in [-0.05, 0) is 39.0 Å². The van der Waals surface area contributed by atoms with Crippen LogP contribution in [0.4, 0.5) is 5.69 Å². The van der Waals surface area contributed by atoms with Crippen LogP contribution in [0, 0.1) is 0 Å². The van der Waals surface area contributed by atoms with Crippen molar-refractivity contribution in [2.75, 3.05) is 25.1 Å². The van der Waals surface area contributed by atoms with Crippen molar-refractivity contribution < 1.29 is 14.3 Å². The Kier molecular flexibility index (Phi) is 6.71. The predicted octanol–water partition coefficient (Wildman–Crippen LogP) is 3.39. The smallest absolute Gasteiger partial charge is 0.375 e. The third-order valence-corrected chi connectivity index (χ3v) is 3.95. The quantitative estimate of drug-likeness (QED) is 0.380. The fourth-order valence-corrected chi connectivity index (χ4v) is 2.82. The molecule has 132 valence electrons. The Balaban J connectivity index is 2.24. The molecule has 0 spiro atoms. The molecule has 8 heteroatoms. The van der Waals surface area contributed by atoms with Gasteiger partial charge in [0.1, 0.15) is 0 Å². The fourth-order valence-electron chi connectivity index (χ4n) is 2.49. The average Bonchev–Trinajstić information content (AvgIpc) is 2.50. The summed E-state index contributed by atoms with van der Waals surface area (Å²) in [7, 11) is 0. The number of nitrogens with zero attached hydrogens (tertiary/aromatic N) is 2. The van der Waals surface area contributed by atoms with Crippen LogP contribution in [0.2, 0.25) is 10.0 Å². The lowest BCUT2D eigenvalue weighted by atomic mass is 10.2. The van der Waals surface area contributed by atoms with Gasteiger partial charge >= 0.3 is 5.97 Å². The van der Waals surface area contributed by atoms with Crippen LogP contribution in [-0.4, -0.2) is 48.6 Å². The van der Waals surface area contributed by atoms with Gasteiger partial charge in [-0.25, -0.2) is 4.79 Å². The topological polar surface area (TPSA) is 63.2 Å². The highest BCUT2D eigenvalue weighted by atomic mass is 35.5. The van der Waals surface area contributed by atoms with Gasteiger partial charge < -0.3 is 14.4 Å². The number of hydrogen-bond donors (Lipinski definition) is 1. The van der Waals surface area contributed by atoms with Crippen molar-refractivity contribution in [3.8, 4) is 0 Å². The Morgan fingerprint density at radius 3 is 2.67 bits per heavy atom. The number of carbonyl (C=O) groups excluding carboxylic acids is 1. The van der Waals surface area contributed by atoms with Crippen LogP contribution in [0.5, 0.6) is 0 Å². The molecule has 0 saturated carbocycles. The first-order valence-corrected chi connectivity index (χ1v) is 8.52. The van der Waals surface area contributed by atoms with Crippen LogP contribution in [0.1, 0.15) is 20.8 Å². The number of rotatable bonds is 3. The van der Waals surface area contributed by atoms with Crippen LogP contribution >= 0.6 is 23.2 Å². The molecule has 1 saturated heterocycles. The average molecular weight is 374 g/mol. The first-order valence-electron chi connectivity index (χ1n) is 7.77. The van der Waals surface area contributed by atoms with Crippen LogP contribution in [0.3, 0.4) is 0 Å². The second-order valence-electron chi connectivity index (χ2n) is 5.55. The molecule has 1 aromatic carbocycles. The molecule has 24 heavy (non-hydrogen) atoms. The van der Waals surface area contributed by atoms with Crippen LogP contribution < -0.4 is 5.43 Å². The largest absolute Gasteiger partial charge is 0.460 e. The number of amidine groups is 1. The second-order valence-corrected chi connectivity index (χ2v) is 6.40. The number of esters is 1. The maximum atomic E-state index is 12.3. The van der Waals surface area contributed by atoms with Gasteiger partial charge in [0.2, 0.25) is 5.84 Å². The van der Waals surface area contributed by atoms with E-state index in [2.05, 4.69) is 10.5 Å². The number of anilines is 1. The molecule has 0 aromatic heterocycles. The Labute approximate surface area is 151 Å². The molecular weight excluding hydrogens is 353 g/mol.